The number of carbonyl (C=O) groups is 2. The van der Waals surface area contributed by atoms with Crippen molar-refractivity contribution in [2.24, 2.45) is 0 Å². The maximum atomic E-state index is 12.7. The van der Waals surface area contributed by atoms with E-state index in [4.69, 9.17) is 19.6 Å². The lowest BCUT2D eigenvalue weighted by Gasteiger charge is -2.11. The highest BCUT2D eigenvalue weighted by Crippen LogP contribution is 2.27. The number of rotatable bonds is 15. The second kappa shape index (κ2) is 15.2. The van der Waals surface area contributed by atoms with E-state index in [1.807, 2.05) is 6.07 Å². The summed E-state index contributed by atoms with van der Waals surface area (Å²) in [7, 11) is 0. The first-order valence-electron chi connectivity index (χ1n) is 13.0. The van der Waals surface area contributed by atoms with E-state index in [2.05, 4.69) is 37.8 Å². The van der Waals surface area contributed by atoms with Crippen molar-refractivity contribution in [2.75, 3.05) is 13.2 Å². The van der Waals surface area contributed by atoms with Gasteiger partial charge in [-0.1, -0.05) is 50.3 Å². The Balaban J connectivity index is 1.47. The molecule has 0 aliphatic rings. The molecule has 3 rings (SSSR count). The normalized spacial score (nSPS) is 10.4. The van der Waals surface area contributed by atoms with Gasteiger partial charge in [0.05, 0.1) is 18.8 Å². The summed E-state index contributed by atoms with van der Waals surface area (Å²) in [6.45, 7) is 6.49. The first kappa shape index (κ1) is 28.4. The van der Waals surface area contributed by atoms with Gasteiger partial charge in [0.2, 0.25) is 0 Å². The fraction of sp³-hybridized carbons (Fsp3) is 0.281. The molecule has 0 saturated heterocycles. The molecular weight excluding hydrogens is 478 g/mol. The molecule has 0 aliphatic carbocycles. The average molecular weight is 514 g/mol. The van der Waals surface area contributed by atoms with Gasteiger partial charge in [-0.15, -0.1) is 0 Å². The van der Waals surface area contributed by atoms with Gasteiger partial charge in [0, 0.05) is 17.9 Å². The molecule has 0 fully saturated rings. The summed E-state index contributed by atoms with van der Waals surface area (Å²) in [6.07, 6.45) is 8.19. The van der Waals surface area contributed by atoms with Crippen LogP contribution in [0.25, 0.3) is 11.1 Å². The van der Waals surface area contributed by atoms with Crippen LogP contribution >= 0.6 is 0 Å². The zero-order valence-corrected chi connectivity index (χ0v) is 21.9. The predicted octanol–water partition coefficient (Wildman–Crippen LogP) is 7.19. The van der Waals surface area contributed by atoms with Crippen LogP contribution in [0.1, 0.15) is 60.5 Å². The fourth-order valence-corrected chi connectivity index (χ4v) is 3.96. The third kappa shape index (κ3) is 8.73. The molecule has 0 heterocycles. The van der Waals surface area contributed by atoms with Gasteiger partial charge >= 0.3 is 11.9 Å². The van der Waals surface area contributed by atoms with Gasteiger partial charge in [-0.25, -0.2) is 9.59 Å². The Kier molecular flexibility index (Phi) is 11.3. The lowest BCUT2D eigenvalue weighted by molar-refractivity contribution is -0.137. The van der Waals surface area contributed by atoms with Gasteiger partial charge in [-0.05, 0) is 85.2 Å². The molecule has 0 saturated carbocycles. The van der Waals surface area contributed by atoms with Crippen LogP contribution in [0.4, 0.5) is 0 Å². The van der Waals surface area contributed by atoms with Crippen LogP contribution in [0.3, 0.4) is 0 Å². The molecule has 0 atom stereocenters. The number of esters is 2. The van der Waals surface area contributed by atoms with Crippen LogP contribution in [-0.4, -0.2) is 31.4 Å². The monoisotopic (exact) mass is 513 g/mol. The van der Waals surface area contributed by atoms with Crippen molar-refractivity contribution in [1.82, 2.24) is 0 Å². The molecule has 0 amide bonds. The molecule has 3 aromatic rings. The van der Waals surface area contributed by atoms with Crippen molar-refractivity contribution >= 4 is 18.2 Å². The number of nitrogens with one attached hydrogen (secondary N) is 1. The Morgan fingerprint density at radius 1 is 0.868 bits per heavy atom. The molecule has 0 aliphatic heterocycles. The van der Waals surface area contributed by atoms with Gasteiger partial charge in [-0.2, -0.15) is 0 Å². The highest BCUT2D eigenvalue weighted by molar-refractivity contribution is 5.93. The van der Waals surface area contributed by atoms with Crippen LogP contribution < -0.4 is 9.47 Å². The van der Waals surface area contributed by atoms with E-state index in [0.29, 0.717) is 35.8 Å². The lowest BCUT2D eigenvalue weighted by atomic mass is 9.98. The van der Waals surface area contributed by atoms with E-state index < -0.39 is 11.9 Å². The minimum atomic E-state index is -0.471. The predicted molar refractivity (Wildman–Crippen MR) is 150 cm³/mol. The minimum absolute atomic E-state index is 0.388. The van der Waals surface area contributed by atoms with Crippen molar-refractivity contribution in [3.05, 3.63) is 96.1 Å². The summed E-state index contributed by atoms with van der Waals surface area (Å²) in [5.74, 6) is 0.209. The third-order valence-electron chi connectivity index (χ3n) is 6.00. The first-order chi connectivity index (χ1) is 18.5. The van der Waals surface area contributed by atoms with Crippen LogP contribution in [0.5, 0.6) is 11.5 Å². The zero-order chi connectivity index (χ0) is 27.2. The second-order valence-corrected chi connectivity index (χ2v) is 8.89. The number of aryl methyl sites for hydroxylation is 1. The number of carbonyl (C=O) groups excluding carboxylic acids is 2. The Labute approximate surface area is 224 Å². The van der Waals surface area contributed by atoms with Gasteiger partial charge in [0.25, 0.3) is 0 Å². The summed E-state index contributed by atoms with van der Waals surface area (Å²) in [5.41, 5.74) is 4.32. The fourth-order valence-electron chi connectivity index (χ4n) is 3.96. The first-order valence-corrected chi connectivity index (χ1v) is 13.0. The summed E-state index contributed by atoms with van der Waals surface area (Å²) in [6, 6.07) is 20.5. The largest absolute Gasteiger partial charge is 0.494 e. The van der Waals surface area contributed by atoms with E-state index in [-0.39, 0.29) is 0 Å². The van der Waals surface area contributed by atoms with Gasteiger partial charge in [-0.3, -0.25) is 0 Å². The lowest BCUT2D eigenvalue weighted by Crippen LogP contribution is -2.09. The topological polar surface area (TPSA) is 85.7 Å². The molecule has 0 bridgehead atoms. The van der Waals surface area contributed by atoms with Crippen molar-refractivity contribution in [3.63, 3.8) is 0 Å². The summed E-state index contributed by atoms with van der Waals surface area (Å²) < 4.78 is 16.3. The molecule has 6 nitrogen and oxygen atoms in total. The molecule has 198 valence electrons. The highest BCUT2D eigenvalue weighted by atomic mass is 16.5. The van der Waals surface area contributed by atoms with E-state index in [0.717, 1.165) is 55.7 Å². The minimum Gasteiger partial charge on any atom is -0.494 e. The SMILES string of the molecule is C=CC(=O)OCCCCCCOc1ccc(C(=O)Oc2ccc(-c3ccc(CCC)cc3)c(C=N)c2)cc1. The highest BCUT2D eigenvalue weighted by Gasteiger charge is 2.12. The number of ether oxygens (including phenoxy) is 3. The zero-order valence-electron chi connectivity index (χ0n) is 21.9. The van der Waals surface area contributed by atoms with E-state index in [1.165, 1.54) is 11.8 Å². The van der Waals surface area contributed by atoms with Crippen molar-refractivity contribution < 1.29 is 23.8 Å². The van der Waals surface area contributed by atoms with Crippen LogP contribution in [-0.2, 0) is 16.0 Å². The summed E-state index contributed by atoms with van der Waals surface area (Å²) >= 11 is 0. The van der Waals surface area contributed by atoms with Crippen LogP contribution in [0.15, 0.2) is 79.4 Å². The second-order valence-electron chi connectivity index (χ2n) is 8.89. The maximum absolute atomic E-state index is 12.7. The molecule has 1 N–H and O–H groups in total. The molecular formula is C32H35NO5. The Morgan fingerprint density at radius 3 is 2.21 bits per heavy atom. The molecule has 38 heavy (non-hydrogen) atoms. The standard InChI is InChI=1S/C32H35NO5/c1-3-9-24-10-12-25(13-11-24)30-19-18-29(22-27(30)23-33)38-32(35)26-14-16-28(17-15-26)36-20-7-5-6-8-21-37-31(34)4-2/h4,10-19,22-23,33H,2-3,5-9,20-21H2,1H3. The van der Waals surface area contributed by atoms with Crippen LogP contribution in [0, 0.1) is 5.41 Å². The maximum Gasteiger partial charge on any atom is 0.343 e. The summed E-state index contributed by atoms with van der Waals surface area (Å²) in [5, 5.41) is 7.84. The average Bonchev–Trinajstić information content (AvgIpc) is 2.95. The van der Waals surface area contributed by atoms with Gasteiger partial charge in [0.15, 0.2) is 0 Å². The quantitative estimate of drug-likeness (QED) is 0.0764. The number of benzene rings is 3. The third-order valence-corrected chi connectivity index (χ3v) is 6.00. The molecule has 6 heteroatoms. The smallest absolute Gasteiger partial charge is 0.343 e. The van der Waals surface area contributed by atoms with Gasteiger partial charge < -0.3 is 19.6 Å². The Hall–Kier alpha value is -4.19. The molecule has 0 radical (unpaired) electrons. The van der Waals surface area contributed by atoms with Crippen molar-refractivity contribution in [1.29, 1.82) is 5.41 Å². The molecule has 0 spiro atoms. The Morgan fingerprint density at radius 2 is 1.55 bits per heavy atom. The van der Waals surface area contributed by atoms with Gasteiger partial charge in [0.1, 0.15) is 11.5 Å². The Bertz CT molecular complexity index is 1220. The number of hydrogen-bond donors (Lipinski definition) is 1. The number of hydrogen-bond acceptors (Lipinski definition) is 6. The van der Waals surface area contributed by atoms with Crippen LogP contribution in [0.2, 0.25) is 0 Å². The van der Waals surface area contributed by atoms with E-state index >= 15 is 0 Å². The van der Waals surface area contributed by atoms with E-state index in [1.54, 1.807) is 36.4 Å². The molecule has 0 unspecified atom stereocenters. The van der Waals surface area contributed by atoms with Crippen molar-refractivity contribution in [3.8, 4) is 22.6 Å². The molecule has 3 aromatic carbocycles. The summed E-state index contributed by atoms with van der Waals surface area (Å²) in [4.78, 5) is 23.6. The molecule has 0 aromatic heterocycles. The van der Waals surface area contributed by atoms with Crippen molar-refractivity contribution in [2.45, 2.75) is 45.4 Å². The number of unbranched alkanes of at least 4 members (excludes halogenated alkanes) is 3. The van der Waals surface area contributed by atoms with E-state index in [9.17, 15) is 9.59 Å².